The average Bonchev–Trinajstić information content (AvgIpc) is 3.78. The van der Waals surface area contributed by atoms with Gasteiger partial charge in [0, 0.05) is 41.4 Å². The van der Waals surface area contributed by atoms with E-state index in [1.165, 1.54) is 24.3 Å². The third kappa shape index (κ3) is 5.59. The number of hydrogen-bond donors (Lipinski definition) is 2. The van der Waals surface area contributed by atoms with E-state index in [-0.39, 0.29) is 5.75 Å². The lowest BCUT2D eigenvalue weighted by Gasteiger charge is -2.39. The fourth-order valence-corrected chi connectivity index (χ4v) is 6.45. The molecule has 200 valence electrons. The van der Waals surface area contributed by atoms with Crippen molar-refractivity contribution in [3.8, 4) is 28.1 Å². The van der Waals surface area contributed by atoms with Gasteiger partial charge in [-0.1, -0.05) is 30.3 Å². The molecular formula is C27H26F3N3O4S. The number of rotatable bonds is 7. The van der Waals surface area contributed by atoms with Gasteiger partial charge in [0.15, 0.2) is 0 Å². The number of hydrogen-bond acceptors (Lipinski definition) is 6. The van der Waals surface area contributed by atoms with Crippen molar-refractivity contribution in [1.29, 1.82) is 0 Å². The monoisotopic (exact) mass is 545 g/mol. The summed E-state index contributed by atoms with van der Waals surface area (Å²) in [6.07, 6.45) is -0.0152. The fourth-order valence-electron chi connectivity index (χ4n) is 4.85. The molecule has 1 aliphatic heterocycles. The average molecular weight is 546 g/mol. The van der Waals surface area contributed by atoms with E-state index in [1.54, 1.807) is 42.0 Å². The van der Waals surface area contributed by atoms with Crippen molar-refractivity contribution in [3.63, 3.8) is 0 Å². The van der Waals surface area contributed by atoms with Gasteiger partial charge in [-0.3, -0.25) is 19.2 Å². The maximum absolute atomic E-state index is 13.6. The van der Waals surface area contributed by atoms with Gasteiger partial charge in [-0.2, -0.15) is 0 Å². The first kappa shape index (κ1) is 26.3. The number of pyridine rings is 1. The second-order valence-electron chi connectivity index (χ2n) is 9.50. The molecule has 38 heavy (non-hydrogen) atoms. The predicted octanol–water partition coefficient (Wildman–Crippen LogP) is 4.92. The van der Waals surface area contributed by atoms with Gasteiger partial charge >= 0.3 is 6.36 Å². The first-order valence-corrected chi connectivity index (χ1v) is 13.4. The van der Waals surface area contributed by atoms with E-state index >= 15 is 0 Å². The number of halogens is 3. The smallest absolute Gasteiger partial charge is 0.406 e. The zero-order valence-corrected chi connectivity index (χ0v) is 21.1. The summed E-state index contributed by atoms with van der Waals surface area (Å²) in [5.74, 6) is -0.916. The first-order valence-electron chi connectivity index (χ1n) is 12.2. The summed E-state index contributed by atoms with van der Waals surface area (Å²) in [5, 5.41) is 9.38. The minimum atomic E-state index is -4.74. The fraction of sp³-hybridized carbons (Fsp3) is 0.333. The van der Waals surface area contributed by atoms with Crippen molar-refractivity contribution in [2.75, 3.05) is 13.1 Å². The van der Waals surface area contributed by atoms with E-state index in [0.717, 1.165) is 24.0 Å². The Morgan fingerprint density at radius 1 is 0.974 bits per heavy atom. The third-order valence-electron chi connectivity index (χ3n) is 7.09. The molecule has 1 unspecified atom stereocenters. The molecule has 1 aliphatic carbocycles. The molecule has 2 fully saturated rings. The lowest BCUT2D eigenvalue weighted by Crippen LogP contribution is -2.56. The van der Waals surface area contributed by atoms with Crippen LogP contribution < -0.4 is 10.2 Å². The largest absolute Gasteiger partial charge is 0.573 e. The molecule has 2 heterocycles. The van der Waals surface area contributed by atoms with Crippen LogP contribution in [0, 0.1) is 0 Å². The van der Waals surface area contributed by atoms with Gasteiger partial charge in [-0.25, -0.2) is 5.48 Å². The maximum atomic E-state index is 13.6. The number of likely N-dealkylation sites (tertiary alicyclic amines) is 1. The van der Waals surface area contributed by atoms with E-state index in [1.807, 2.05) is 6.07 Å². The number of ether oxygens (including phenoxy) is 1. The number of hydroxylamine groups is 1. The highest BCUT2D eigenvalue weighted by Gasteiger charge is 2.49. The molecule has 1 amide bonds. The highest BCUT2D eigenvalue weighted by molar-refractivity contribution is 7.87. The Morgan fingerprint density at radius 2 is 1.58 bits per heavy atom. The van der Waals surface area contributed by atoms with Crippen molar-refractivity contribution < 1.29 is 32.1 Å². The Kier molecular flexibility index (Phi) is 7.26. The molecule has 2 N–H and O–H groups in total. The number of carbonyl (C=O) groups excluding carboxylic acids is 1. The summed E-state index contributed by atoms with van der Waals surface area (Å²) < 4.78 is 53.4. The van der Waals surface area contributed by atoms with Gasteiger partial charge in [-0.05, 0) is 61.6 Å². The number of alkyl halides is 3. The molecule has 5 rings (SSSR count). The van der Waals surface area contributed by atoms with Crippen molar-refractivity contribution in [2.24, 2.45) is 0 Å². The second-order valence-corrected chi connectivity index (χ2v) is 11.3. The number of nitrogens with zero attached hydrogens (tertiary/aromatic N) is 2. The van der Waals surface area contributed by atoms with E-state index in [0.29, 0.717) is 48.1 Å². The predicted molar refractivity (Wildman–Crippen MR) is 135 cm³/mol. The van der Waals surface area contributed by atoms with Crippen molar-refractivity contribution in [2.45, 2.75) is 47.7 Å². The number of aromatic nitrogens is 1. The Balaban J connectivity index is 1.29. The molecule has 1 saturated carbocycles. The van der Waals surface area contributed by atoms with Crippen LogP contribution in [0.1, 0.15) is 25.7 Å². The number of nitrogens with one attached hydrogen (secondary N) is 1. The Labute approximate surface area is 220 Å². The molecule has 1 atom stereocenters. The van der Waals surface area contributed by atoms with Crippen LogP contribution >= 0.6 is 0 Å². The van der Waals surface area contributed by atoms with Crippen LogP contribution in [0.15, 0.2) is 71.8 Å². The summed E-state index contributed by atoms with van der Waals surface area (Å²) in [5.41, 5.74) is 4.57. The van der Waals surface area contributed by atoms with Gasteiger partial charge in [0.25, 0.3) is 5.91 Å². The van der Waals surface area contributed by atoms with Crippen molar-refractivity contribution in [1.82, 2.24) is 15.4 Å². The zero-order chi connectivity index (χ0) is 26.9. The van der Waals surface area contributed by atoms with Crippen LogP contribution in [0.4, 0.5) is 13.2 Å². The lowest BCUT2D eigenvalue weighted by molar-refractivity contribution is -0.274. The Morgan fingerprint density at radius 3 is 2.11 bits per heavy atom. The Hall–Kier alpha value is -3.28. The third-order valence-corrected chi connectivity index (χ3v) is 9.09. The van der Waals surface area contributed by atoms with E-state index in [4.69, 9.17) is 0 Å². The molecule has 2 aromatic carbocycles. The van der Waals surface area contributed by atoms with Crippen LogP contribution in [0.2, 0.25) is 0 Å². The molecular weight excluding hydrogens is 519 g/mol. The molecule has 0 spiro atoms. The number of amides is 1. The zero-order valence-electron chi connectivity index (χ0n) is 20.3. The highest BCUT2D eigenvalue weighted by atomic mass is 32.2. The van der Waals surface area contributed by atoms with E-state index in [2.05, 4.69) is 14.6 Å². The van der Waals surface area contributed by atoms with Gasteiger partial charge in [0.05, 0.1) is 16.5 Å². The normalized spacial score (nSPS) is 18.5. The van der Waals surface area contributed by atoms with Crippen LogP contribution in [0.3, 0.4) is 0 Å². The topological polar surface area (TPSA) is 91.8 Å². The van der Waals surface area contributed by atoms with Crippen molar-refractivity contribution >= 4 is 16.7 Å². The summed E-state index contributed by atoms with van der Waals surface area (Å²) in [6.45, 7) is 1.33. The number of benzene rings is 2. The van der Waals surface area contributed by atoms with Crippen LogP contribution in [-0.2, 0) is 15.6 Å². The number of carbonyl (C=O) groups is 1. The molecule has 0 bridgehead atoms. The summed E-state index contributed by atoms with van der Waals surface area (Å²) in [6, 6.07) is 16.7. The first-order chi connectivity index (χ1) is 18.2. The summed E-state index contributed by atoms with van der Waals surface area (Å²) in [7, 11) is -1.67. The lowest BCUT2D eigenvalue weighted by atomic mass is 9.94. The van der Waals surface area contributed by atoms with Crippen LogP contribution in [0.5, 0.6) is 5.75 Å². The molecule has 3 aromatic rings. The molecule has 1 aromatic heterocycles. The number of piperidine rings is 1. The van der Waals surface area contributed by atoms with Gasteiger partial charge in [0.1, 0.15) is 10.5 Å². The standard InChI is InChI=1S/C27H26F3N3O4S/c28-27(29,30)37-22-8-1-18(2-9-22)20-5-12-24(31-17-20)19-3-10-23(11-4-19)38(36)26(25(34)32-35)13-15-33(16-14-26)21-6-7-21/h1-5,8-12,17,21,35H,6-7,13-16H2,(H,32,34). The minimum Gasteiger partial charge on any atom is -0.406 e. The highest BCUT2D eigenvalue weighted by Crippen LogP contribution is 2.38. The van der Waals surface area contributed by atoms with Gasteiger partial charge in [0.2, 0.25) is 0 Å². The van der Waals surface area contributed by atoms with E-state index in [9.17, 15) is 27.4 Å². The maximum Gasteiger partial charge on any atom is 0.573 e. The molecule has 7 nitrogen and oxygen atoms in total. The molecule has 2 aliphatic rings. The summed E-state index contributed by atoms with van der Waals surface area (Å²) in [4.78, 5) is 20.0. The summed E-state index contributed by atoms with van der Waals surface area (Å²) >= 11 is 0. The van der Waals surface area contributed by atoms with Crippen molar-refractivity contribution in [3.05, 3.63) is 66.9 Å². The minimum absolute atomic E-state index is 0.296. The second kappa shape index (κ2) is 10.5. The molecule has 0 radical (unpaired) electrons. The van der Waals surface area contributed by atoms with Crippen LogP contribution in [-0.4, -0.2) is 55.4 Å². The van der Waals surface area contributed by atoms with Gasteiger partial charge in [-0.15, -0.1) is 13.2 Å². The SMILES string of the molecule is O=C(NO)C1(S(=O)c2ccc(-c3ccc(-c4ccc(OC(F)(F)F)cc4)cn3)cc2)CCN(C2CC2)CC1. The molecule has 1 saturated heterocycles. The quantitative estimate of drug-likeness (QED) is 0.323. The Bertz CT molecular complexity index is 1300. The van der Waals surface area contributed by atoms with Crippen LogP contribution in [0.25, 0.3) is 22.4 Å². The molecule has 11 heteroatoms. The van der Waals surface area contributed by atoms with E-state index < -0.39 is 27.8 Å². The van der Waals surface area contributed by atoms with Gasteiger partial charge < -0.3 is 9.64 Å².